The summed E-state index contributed by atoms with van der Waals surface area (Å²) in [5.41, 5.74) is 4.02. The SMILES string of the molecule is O=C(CC1CSCCN1)NC(c1ccccc1)c1ccc2nc[nH]c2c1. The Labute approximate surface area is 157 Å². The topological polar surface area (TPSA) is 69.8 Å². The van der Waals surface area contributed by atoms with E-state index in [1.165, 1.54) is 0 Å². The summed E-state index contributed by atoms with van der Waals surface area (Å²) in [5.74, 6) is 2.18. The van der Waals surface area contributed by atoms with Gasteiger partial charge in [-0.2, -0.15) is 11.8 Å². The van der Waals surface area contributed by atoms with E-state index < -0.39 is 0 Å². The molecule has 5 nitrogen and oxygen atoms in total. The number of hydrogen-bond donors (Lipinski definition) is 3. The van der Waals surface area contributed by atoms with Gasteiger partial charge in [-0.15, -0.1) is 0 Å². The highest BCUT2D eigenvalue weighted by molar-refractivity contribution is 7.99. The molecule has 0 radical (unpaired) electrons. The van der Waals surface area contributed by atoms with Crippen molar-refractivity contribution in [2.45, 2.75) is 18.5 Å². The van der Waals surface area contributed by atoms with Gasteiger partial charge in [0.25, 0.3) is 0 Å². The van der Waals surface area contributed by atoms with Crippen LogP contribution in [0.3, 0.4) is 0 Å². The molecule has 134 valence electrons. The van der Waals surface area contributed by atoms with E-state index >= 15 is 0 Å². The van der Waals surface area contributed by atoms with Crippen LogP contribution < -0.4 is 10.6 Å². The Morgan fingerprint density at radius 3 is 2.92 bits per heavy atom. The molecular formula is C20H22N4OS. The predicted octanol–water partition coefficient (Wildman–Crippen LogP) is 2.86. The van der Waals surface area contributed by atoms with Crippen molar-refractivity contribution in [1.82, 2.24) is 20.6 Å². The molecule has 1 aromatic heterocycles. The summed E-state index contributed by atoms with van der Waals surface area (Å²) in [5, 5.41) is 6.66. The fraction of sp³-hybridized carbons (Fsp3) is 0.300. The van der Waals surface area contributed by atoms with Gasteiger partial charge in [-0.1, -0.05) is 36.4 Å². The van der Waals surface area contributed by atoms with Crippen molar-refractivity contribution in [2.75, 3.05) is 18.1 Å². The van der Waals surface area contributed by atoms with Gasteiger partial charge in [0.05, 0.1) is 23.4 Å². The maximum absolute atomic E-state index is 12.7. The number of nitrogens with one attached hydrogen (secondary N) is 3. The fourth-order valence-electron chi connectivity index (χ4n) is 3.33. The number of imidazole rings is 1. The summed E-state index contributed by atoms with van der Waals surface area (Å²) in [6.45, 7) is 0.973. The zero-order valence-corrected chi connectivity index (χ0v) is 15.3. The van der Waals surface area contributed by atoms with Crippen LogP contribution in [0.2, 0.25) is 0 Å². The zero-order chi connectivity index (χ0) is 17.8. The van der Waals surface area contributed by atoms with Crippen LogP contribution in [0.5, 0.6) is 0 Å². The molecule has 3 N–H and O–H groups in total. The number of H-pyrrole nitrogens is 1. The maximum atomic E-state index is 12.7. The highest BCUT2D eigenvalue weighted by Crippen LogP contribution is 2.25. The Hall–Kier alpha value is -2.31. The maximum Gasteiger partial charge on any atom is 0.222 e. The van der Waals surface area contributed by atoms with E-state index in [1.807, 2.05) is 42.1 Å². The summed E-state index contributed by atoms with van der Waals surface area (Å²) in [6.07, 6.45) is 2.19. The number of thioether (sulfide) groups is 1. The van der Waals surface area contributed by atoms with E-state index in [-0.39, 0.29) is 18.0 Å². The molecular weight excluding hydrogens is 344 g/mol. The van der Waals surface area contributed by atoms with Crippen LogP contribution in [-0.4, -0.2) is 40.0 Å². The van der Waals surface area contributed by atoms with Gasteiger partial charge in [-0.25, -0.2) is 4.98 Å². The average molecular weight is 366 g/mol. The van der Waals surface area contributed by atoms with E-state index in [1.54, 1.807) is 6.33 Å². The summed E-state index contributed by atoms with van der Waals surface area (Å²) in [6, 6.07) is 16.3. The van der Waals surface area contributed by atoms with Crippen LogP contribution in [0.25, 0.3) is 11.0 Å². The van der Waals surface area contributed by atoms with E-state index in [2.05, 4.69) is 38.8 Å². The van der Waals surface area contributed by atoms with Crippen LogP contribution >= 0.6 is 11.8 Å². The van der Waals surface area contributed by atoms with Gasteiger partial charge >= 0.3 is 0 Å². The van der Waals surface area contributed by atoms with Crippen LogP contribution in [0.1, 0.15) is 23.6 Å². The minimum atomic E-state index is -0.173. The quantitative estimate of drug-likeness (QED) is 0.649. The molecule has 2 atom stereocenters. The predicted molar refractivity (Wildman–Crippen MR) is 106 cm³/mol. The molecule has 2 aromatic carbocycles. The van der Waals surface area contributed by atoms with Crippen molar-refractivity contribution in [3.8, 4) is 0 Å². The number of amides is 1. The molecule has 2 unspecified atom stereocenters. The Morgan fingerprint density at radius 2 is 2.12 bits per heavy atom. The number of aromatic amines is 1. The molecule has 4 rings (SSSR count). The molecule has 0 aliphatic carbocycles. The van der Waals surface area contributed by atoms with E-state index in [9.17, 15) is 4.79 Å². The lowest BCUT2D eigenvalue weighted by atomic mass is 9.98. The van der Waals surface area contributed by atoms with Gasteiger partial charge in [-0.3, -0.25) is 4.79 Å². The second-order valence-electron chi connectivity index (χ2n) is 6.52. The Bertz CT molecular complexity index is 874. The summed E-state index contributed by atoms with van der Waals surface area (Å²) < 4.78 is 0. The molecule has 0 spiro atoms. The van der Waals surface area contributed by atoms with Crippen LogP contribution in [0, 0.1) is 0 Å². The number of aromatic nitrogens is 2. The van der Waals surface area contributed by atoms with Crippen molar-refractivity contribution in [3.05, 3.63) is 66.0 Å². The Morgan fingerprint density at radius 1 is 1.23 bits per heavy atom. The van der Waals surface area contributed by atoms with Crippen molar-refractivity contribution in [3.63, 3.8) is 0 Å². The van der Waals surface area contributed by atoms with E-state index in [0.717, 1.165) is 40.2 Å². The van der Waals surface area contributed by atoms with Crippen LogP contribution in [0.4, 0.5) is 0 Å². The molecule has 1 aliphatic heterocycles. The molecule has 1 aliphatic rings. The summed E-state index contributed by atoms with van der Waals surface area (Å²) in [7, 11) is 0. The number of fused-ring (bicyclic) bond motifs is 1. The lowest BCUT2D eigenvalue weighted by molar-refractivity contribution is -0.122. The van der Waals surface area contributed by atoms with Crippen molar-refractivity contribution < 1.29 is 4.79 Å². The van der Waals surface area contributed by atoms with E-state index in [4.69, 9.17) is 0 Å². The smallest absolute Gasteiger partial charge is 0.222 e. The van der Waals surface area contributed by atoms with Gasteiger partial charge in [0, 0.05) is 30.5 Å². The van der Waals surface area contributed by atoms with Crippen LogP contribution in [0.15, 0.2) is 54.9 Å². The van der Waals surface area contributed by atoms with Gasteiger partial charge < -0.3 is 15.6 Å². The number of carbonyl (C=O) groups is 1. The third kappa shape index (κ3) is 3.92. The summed E-state index contributed by atoms with van der Waals surface area (Å²) >= 11 is 1.91. The second kappa shape index (κ2) is 7.93. The highest BCUT2D eigenvalue weighted by Gasteiger charge is 2.21. The minimum Gasteiger partial charge on any atom is -0.345 e. The molecule has 3 aromatic rings. The van der Waals surface area contributed by atoms with E-state index in [0.29, 0.717) is 6.42 Å². The number of carbonyl (C=O) groups excluding carboxylic acids is 1. The molecule has 0 saturated carbocycles. The summed E-state index contributed by atoms with van der Waals surface area (Å²) in [4.78, 5) is 20.1. The monoisotopic (exact) mass is 366 g/mol. The first-order valence-corrected chi connectivity index (χ1v) is 10.0. The fourth-order valence-corrected chi connectivity index (χ4v) is 4.28. The molecule has 1 fully saturated rings. The Balaban J connectivity index is 1.57. The van der Waals surface area contributed by atoms with Crippen molar-refractivity contribution in [2.24, 2.45) is 0 Å². The normalized spacial score (nSPS) is 18.5. The van der Waals surface area contributed by atoms with Gasteiger partial charge in [0.1, 0.15) is 0 Å². The molecule has 0 bridgehead atoms. The number of rotatable bonds is 5. The molecule has 6 heteroatoms. The number of nitrogens with zero attached hydrogens (tertiary/aromatic N) is 1. The average Bonchev–Trinajstić information content (AvgIpc) is 3.15. The Kier molecular flexibility index (Phi) is 5.22. The molecule has 1 amide bonds. The first kappa shape index (κ1) is 17.1. The third-order valence-electron chi connectivity index (χ3n) is 4.65. The lowest BCUT2D eigenvalue weighted by Gasteiger charge is -2.25. The number of benzene rings is 2. The molecule has 26 heavy (non-hydrogen) atoms. The largest absolute Gasteiger partial charge is 0.345 e. The number of hydrogen-bond acceptors (Lipinski definition) is 4. The second-order valence-corrected chi connectivity index (χ2v) is 7.67. The third-order valence-corrected chi connectivity index (χ3v) is 5.78. The minimum absolute atomic E-state index is 0.0727. The first-order chi connectivity index (χ1) is 12.8. The lowest BCUT2D eigenvalue weighted by Crippen LogP contribution is -2.42. The van der Waals surface area contributed by atoms with Crippen molar-refractivity contribution in [1.29, 1.82) is 0 Å². The van der Waals surface area contributed by atoms with Crippen LogP contribution in [-0.2, 0) is 4.79 Å². The van der Waals surface area contributed by atoms with Gasteiger partial charge in [0.2, 0.25) is 5.91 Å². The van der Waals surface area contributed by atoms with Crippen molar-refractivity contribution >= 4 is 28.7 Å². The highest BCUT2D eigenvalue weighted by atomic mass is 32.2. The standard InChI is InChI=1S/C20H22N4OS/c25-19(11-16-12-26-9-8-21-16)24-20(14-4-2-1-3-5-14)15-6-7-17-18(10-15)23-13-22-17/h1-7,10,13,16,20-21H,8-9,11-12H2,(H,22,23)(H,24,25). The van der Waals surface area contributed by atoms with Gasteiger partial charge in [0.15, 0.2) is 0 Å². The molecule has 1 saturated heterocycles. The first-order valence-electron chi connectivity index (χ1n) is 8.88. The molecule has 2 heterocycles. The zero-order valence-electron chi connectivity index (χ0n) is 14.4. The van der Waals surface area contributed by atoms with Gasteiger partial charge in [-0.05, 0) is 23.3 Å².